The number of thiol groups is 1. The number of hydrogen-bond acceptors (Lipinski definition) is 5. The third-order valence-corrected chi connectivity index (χ3v) is 7.15. The minimum atomic E-state index is -2.76. The summed E-state index contributed by atoms with van der Waals surface area (Å²) in [5.74, 6) is 0.840. The number of rotatable bonds is 7. The summed E-state index contributed by atoms with van der Waals surface area (Å²) in [5, 5.41) is -0.383. The van der Waals surface area contributed by atoms with Gasteiger partial charge in [0.1, 0.15) is 5.22 Å². The molecule has 0 aromatic carbocycles. The van der Waals surface area contributed by atoms with Crippen LogP contribution in [-0.2, 0) is 18.0 Å². The molecule has 1 atom stereocenters. The Kier molecular flexibility index (Phi) is 6.47. The highest BCUT2D eigenvalue weighted by Gasteiger charge is 2.61. The largest absolute Gasteiger partial charge is 0.533 e. The van der Waals surface area contributed by atoms with Gasteiger partial charge < -0.3 is 18.0 Å². The predicted octanol–water partition coefficient (Wildman–Crippen LogP) is 2.05. The van der Waals surface area contributed by atoms with Crippen molar-refractivity contribution >= 4 is 21.4 Å². The molecule has 6 heteroatoms. The maximum atomic E-state index is 6.06. The Hall–Kier alpha value is 0.407. The van der Waals surface area contributed by atoms with Crippen LogP contribution >= 0.6 is 12.6 Å². The second-order valence-electron chi connectivity index (χ2n) is 4.30. The number of hydrogen-bond donors (Lipinski definition) is 1. The van der Waals surface area contributed by atoms with Crippen LogP contribution < -0.4 is 0 Å². The van der Waals surface area contributed by atoms with E-state index in [1.54, 1.807) is 21.3 Å². The van der Waals surface area contributed by atoms with Crippen molar-refractivity contribution in [1.29, 1.82) is 0 Å². The first-order valence-electron chi connectivity index (χ1n) is 6.10. The molecule has 1 saturated heterocycles. The predicted molar refractivity (Wildman–Crippen MR) is 72.4 cm³/mol. The number of ether oxygens (including phenoxy) is 1. The van der Waals surface area contributed by atoms with Crippen LogP contribution in [-0.4, -0.2) is 47.7 Å². The molecule has 0 spiro atoms. The molecule has 1 unspecified atom stereocenters. The van der Waals surface area contributed by atoms with E-state index in [0.29, 0.717) is 0 Å². The summed E-state index contributed by atoms with van der Waals surface area (Å²) < 4.78 is 22.9. The van der Waals surface area contributed by atoms with Crippen LogP contribution in [0.25, 0.3) is 0 Å². The van der Waals surface area contributed by atoms with Crippen LogP contribution in [0.1, 0.15) is 32.1 Å². The van der Waals surface area contributed by atoms with Crippen LogP contribution in [0.3, 0.4) is 0 Å². The molecule has 0 aromatic rings. The van der Waals surface area contributed by atoms with Crippen LogP contribution in [0.4, 0.5) is 0 Å². The van der Waals surface area contributed by atoms with Crippen molar-refractivity contribution in [2.24, 2.45) is 0 Å². The molecule has 1 heterocycles. The lowest BCUT2D eigenvalue weighted by molar-refractivity contribution is -0.0869. The first kappa shape index (κ1) is 15.5. The molecule has 0 aromatic heterocycles. The molecular weight excluding hydrogens is 256 g/mol. The van der Waals surface area contributed by atoms with Crippen LogP contribution in [0, 0.1) is 0 Å². The van der Waals surface area contributed by atoms with Crippen molar-refractivity contribution in [2.75, 3.05) is 33.7 Å². The van der Waals surface area contributed by atoms with E-state index < -0.39 is 8.80 Å². The summed E-state index contributed by atoms with van der Waals surface area (Å²) in [5.41, 5.74) is 0. The van der Waals surface area contributed by atoms with E-state index in [0.717, 1.165) is 44.5 Å². The topological polar surface area (TPSA) is 36.9 Å². The van der Waals surface area contributed by atoms with E-state index in [1.807, 2.05) is 0 Å². The molecule has 1 fully saturated rings. The molecule has 0 amide bonds. The molecular formula is C11H24O4SSi. The lowest BCUT2D eigenvalue weighted by Gasteiger charge is -2.45. The van der Waals surface area contributed by atoms with Gasteiger partial charge in [-0.2, -0.15) is 12.6 Å². The summed E-state index contributed by atoms with van der Waals surface area (Å²) in [6, 6.07) is 0. The molecule has 0 aliphatic carbocycles. The average Bonchev–Trinajstić information content (AvgIpc) is 2.40. The monoisotopic (exact) mass is 280 g/mol. The zero-order valence-corrected chi connectivity index (χ0v) is 12.9. The van der Waals surface area contributed by atoms with Gasteiger partial charge in [-0.05, 0) is 37.9 Å². The van der Waals surface area contributed by atoms with Gasteiger partial charge in [-0.3, -0.25) is 0 Å². The Morgan fingerprint density at radius 1 is 1.18 bits per heavy atom. The molecule has 0 N–H and O–H groups in total. The summed E-state index contributed by atoms with van der Waals surface area (Å²) in [6.45, 7) is 0.761. The van der Waals surface area contributed by atoms with Gasteiger partial charge in [0.05, 0.1) is 0 Å². The van der Waals surface area contributed by atoms with Gasteiger partial charge in [-0.1, -0.05) is 0 Å². The summed E-state index contributed by atoms with van der Waals surface area (Å²) in [4.78, 5) is 0. The molecule has 0 radical (unpaired) electrons. The zero-order chi connectivity index (χ0) is 12.8. The van der Waals surface area contributed by atoms with Gasteiger partial charge in [-0.15, -0.1) is 0 Å². The third kappa shape index (κ3) is 3.05. The lowest BCUT2D eigenvalue weighted by atomic mass is 10.0. The average molecular weight is 280 g/mol. The van der Waals surface area contributed by atoms with Crippen molar-refractivity contribution in [3.05, 3.63) is 0 Å². The Bertz CT molecular complexity index is 209. The third-order valence-electron chi connectivity index (χ3n) is 3.46. The Balaban J connectivity index is 2.92. The molecule has 102 valence electrons. The van der Waals surface area contributed by atoms with Gasteiger partial charge >= 0.3 is 8.80 Å². The maximum absolute atomic E-state index is 6.06. The van der Waals surface area contributed by atoms with Crippen molar-refractivity contribution in [3.63, 3.8) is 0 Å². The molecule has 4 nitrogen and oxygen atoms in total. The Morgan fingerprint density at radius 3 is 2.24 bits per heavy atom. The van der Waals surface area contributed by atoms with E-state index in [9.17, 15) is 0 Å². The molecule has 17 heavy (non-hydrogen) atoms. The van der Waals surface area contributed by atoms with Gasteiger partial charge in [-0.25, -0.2) is 0 Å². The fourth-order valence-electron chi connectivity index (χ4n) is 2.62. The fourth-order valence-corrected chi connectivity index (χ4v) is 5.64. The van der Waals surface area contributed by atoms with E-state index in [4.69, 9.17) is 18.0 Å². The van der Waals surface area contributed by atoms with Crippen molar-refractivity contribution < 1.29 is 18.0 Å². The standard InChI is InChI=1S/C11H24O4SSi/c1-12-17(13-2,14-3)11(8-6-10-16)7-4-5-9-15-11/h16H,4-10H2,1-3H3. The molecule has 1 rings (SSSR count). The summed E-state index contributed by atoms with van der Waals surface area (Å²) in [7, 11) is 2.20. The highest BCUT2D eigenvalue weighted by molar-refractivity contribution is 7.80. The minimum Gasteiger partial charge on any atom is -0.375 e. The van der Waals surface area contributed by atoms with Crippen LogP contribution in [0.5, 0.6) is 0 Å². The minimum absolute atomic E-state index is 0.383. The van der Waals surface area contributed by atoms with Crippen molar-refractivity contribution in [2.45, 2.75) is 37.3 Å². The normalized spacial score (nSPS) is 26.1. The second kappa shape index (κ2) is 7.11. The van der Waals surface area contributed by atoms with Crippen LogP contribution in [0.2, 0.25) is 0 Å². The van der Waals surface area contributed by atoms with E-state index in [2.05, 4.69) is 12.6 Å². The Labute approximate surface area is 111 Å². The van der Waals surface area contributed by atoms with Gasteiger partial charge in [0.2, 0.25) is 0 Å². The highest BCUT2D eigenvalue weighted by atomic mass is 32.1. The summed E-state index contributed by atoms with van der Waals surface area (Å²) >= 11 is 4.28. The van der Waals surface area contributed by atoms with E-state index in [1.165, 1.54) is 0 Å². The maximum Gasteiger partial charge on any atom is 0.533 e. The van der Waals surface area contributed by atoms with Crippen molar-refractivity contribution in [1.82, 2.24) is 0 Å². The Morgan fingerprint density at radius 2 is 1.82 bits per heavy atom. The second-order valence-corrected chi connectivity index (χ2v) is 7.99. The first-order chi connectivity index (χ1) is 8.20. The molecule has 1 aliphatic rings. The molecule has 0 saturated carbocycles. The summed E-state index contributed by atoms with van der Waals surface area (Å²) in [6.07, 6.45) is 5.05. The lowest BCUT2D eigenvalue weighted by Crippen LogP contribution is -2.66. The van der Waals surface area contributed by atoms with Gasteiger partial charge in [0.15, 0.2) is 0 Å². The van der Waals surface area contributed by atoms with Crippen molar-refractivity contribution in [3.8, 4) is 0 Å². The SMILES string of the molecule is CO[Si](OC)(OC)C1(CCCS)CCCCO1. The smallest absolute Gasteiger partial charge is 0.375 e. The zero-order valence-electron chi connectivity index (χ0n) is 11.0. The van der Waals surface area contributed by atoms with Gasteiger partial charge in [0, 0.05) is 27.9 Å². The van der Waals surface area contributed by atoms with Crippen LogP contribution in [0.15, 0.2) is 0 Å². The van der Waals surface area contributed by atoms with E-state index in [-0.39, 0.29) is 5.22 Å². The quantitative estimate of drug-likeness (QED) is 0.572. The van der Waals surface area contributed by atoms with E-state index >= 15 is 0 Å². The highest BCUT2D eigenvalue weighted by Crippen LogP contribution is 2.39. The fraction of sp³-hybridized carbons (Fsp3) is 1.00. The first-order valence-corrected chi connectivity index (χ1v) is 8.46. The van der Waals surface area contributed by atoms with Gasteiger partial charge in [0.25, 0.3) is 0 Å². The molecule has 0 bridgehead atoms. The molecule has 1 aliphatic heterocycles.